The number of pyridine rings is 1. The molecule has 2 heterocycles. The van der Waals surface area contributed by atoms with E-state index in [1.165, 1.54) is 6.07 Å². The third-order valence-corrected chi connectivity index (χ3v) is 2.88. The Labute approximate surface area is 104 Å². The van der Waals surface area contributed by atoms with Crippen LogP contribution in [0.5, 0.6) is 0 Å². The van der Waals surface area contributed by atoms with Gasteiger partial charge in [0.25, 0.3) is 0 Å². The van der Waals surface area contributed by atoms with Crippen molar-refractivity contribution in [3.05, 3.63) is 64.4 Å². The van der Waals surface area contributed by atoms with Crippen molar-refractivity contribution in [2.45, 2.75) is 6.92 Å². The monoisotopic (exact) mass is 237 g/mol. The Morgan fingerprint density at radius 2 is 2.00 bits per heavy atom. The Kier molecular flexibility index (Phi) is 2.45. The highest BCUT2D eigenvalue weighted by Crippen LogP contribution is 2.21. The third-order valence-electron chi connectivity index (χ3n) is 2.88. The van der Waals surface area contributed by atoms with Crippen molar-refractivity contribution >= 4 is 11.0 Å². The molecule has 0 aliphatic heterocycles. The predicted octanol–water partition coefficient (Wildman–Crippen LogP) is 3.16. The number of hydrogen-bond donors (Lipinski definition) is 0. The van der Waals surface area contributed by atoms with E-state index in [0.717, 1.165) is 5.56 Å². The molecule has 0 unspecified atom stereocenters. The molecule has 0 saturated heterocycles. The highest BCUT2D eigenvalue weighted by molar-refractivity contribution is 5.81. The normalized spacial score (nSPS) is 10.7. The zero-order valence-electron chi connectivity index (χ0n) is 9.88. The number of benzene rings is 1. The maximum absolute atomic E-state index is 12.1. The van der Waals surface area contributed by atoms with Crippen LogP contribution in [0.2, 0.25) is 0 Å². The van der Waals surface area contributed by atoms with Gasteiger partial charge in [-0.3, -0.25) is 9.78 Å². The zero-order valence-corrected chi connectivity index (χ0v) is 9.88. The molecule has 0 atom stereocenters. The van der Waals surface area contributed by atoms with Crippen LogP contribution < -0.4 is 5.43 Å². The van der Waals surface area contributed by atoms with E-state index >= 15 is 0 Å². The summed E-state index contributed by atoms with van der Waals surface area (Å²) in [7, 11) is 0. The summed E-state index contributed by atoms with van der Waals surface area (Å²) < 4.78 is 5.75. The Morgan fingerprint density at radius 1 is 1.11 bits per heavy atom. The van der Waals surface area contributed by atoms with Crippen molar-refractivity contribution in [2.75, 3.05) is 0 Å². The van der Waals surface area contributed by atoms with Gasteiger partial charge in [0.1, 0.15) is 11.3 Å². The molecule has 0 saturated carbocycles. The highest BCUT2D eigenvalue weighted by atomic mass is 16.3. The predicted molar refractivity (Wildman–Crippen MR) is 70.5 cm³/mol. The number of aromatic nitrogens is 1. The van der Waals surface area contributed by atoms with Gasteiger partial charge in [-0.05, 0) is 30.7 Å². The van der Waals surface area contributed by atoms with Crippen LogP contribution in [0.1, 0.15) is 5.56 Å². The minimum absolute atomic E-state index is 0.0324. The first-order chi connectivity index (χ1) is 8.75. The molecule has 3 heteroatoms. The van der Waals surface area contributed by atoms with Crippen molar-refractivity contribution in [1.29, 1.82) is 0 Å². The van der Waals surface area contributed by atoms with Gasteiger partial charge in [0, 0.05) is 12.3 Å². The summed E-state index contributed by atoms with van der Waals surface area (Å²) in [4.78, 5) is 16.3. The molecule has 88 valence electrons. The minimum atomic E-state index is -0.0324. The summed E-state index contributed by atoms with van der Waals surface area (Å²) in [6.45, 7) is 1.90. The lowest BCUT2D eigenvalue weighted by molar-refractivity contribution is 0.616. The second-order valence-corrected chi connectivity index (χ2v) is 4.14. The molecule has 0 bridgehead atoms. The molecule has 18 heavy (non-hydrogen) atoms. The zero-order chi connectivity index (χ0) is 12.5. The van der Waals surface area contributed by atoms with Crippen molar-refractivity contribution in [3.63, 3.8) is 0 Å². The van der Waals surface area contributed by atoms with Gasteiger partial charge < -0.3 is 4.42 Å². The van der Waals surface area contributed by atoms with Gasteiger partial charge in [-0.25, -0.2) is 0 Å². The van der Waals surface area contributed by atoms with E-state index in [9.17, 15) is 4.79 Å². The number of fused-ring (bicyclic) bond motifs is 1. The van der Waals surface area contributed by atoms with Gasteiger partial charge in [-0.2, -0.15) is 0 Å². The lowest BCUT2D eigenvalue weighted by atomic mass is 10.1. The SMILES string of the molecule is Cc1cccc2oc(-c3ccccn3)cc(=O)c12. The van der Waals surface area contributed by atoms with Crippen LogP contribution in [0.15, 0.2) is 57.9 Å². The van der Waals surface area contributed by atoms with E-state index in [4.69, 9.17) is 4.42 Å². The first-order valence-corrected chi connectivity index (χ1v) is 5.70. The average molecular weight is 237 g/mol. The number of nitrogens with zero attached hydrogens (tertiary/aromatic N) is 1. The van der Waals surface area contributed by atoms with Crippen molar-refractivity contribution in [2.24, 2.45) is 0 Å². The van der Waals surface area contributed by atoms with Crippen molar-refractivity contribution < 1.29 is 4.42 Å². The van der Waals surface area contributed by atoms with E-state index in [1.54, 1.807) is 12.3 Å². The molecule has 0 aliphatic rings. The quantitative estimate of drug-likeness (QED) is 0.653. The maximum Gasteiger partial charge on any atom is 0.193 e. The Morgan fingerprint density at radius 3 is 2.78 bits per heavy atom. The molecule has 3 aromatic rings. The molecule has 0 aliphatic carbocycles. The van der Waals surface area contributed by atoms with Crippen molar-refractivity contribution in [3.8, 4) is 11.5 Å². The standard InChI is InChI=1S/C15H11NO2/c1-10-5-4-7-13-15(10)12(17)9-14(18-13)11-6-2-3-8-16-11/h2-9H,1H3. The third kappa shape index (κ3) is 1.70. The Bertz CT molecular complexity index is 760. The molecule has 0 radical (unpaired) electrons. The van der Waals surface area contributed by atoms with Gasteiger partial charge in [0.15, 0.2) is 11.2 Å². The molecule has 3 nitrogen and oxygen atoms in total. The fraction of sp³-hybridized carbons (Fsp3) is 0.0667. The second-order valence-electron chi connectivity index (χ2n) is 4.14. The van der Waals surface area contributed by atoms with E-state index in [0.29, 0.717) is 22.4 Å². The minimum Gasteiger partial charge on any atom is -0.454 e. The summed E-state index contributed by atoms with van der Waals surface area (Å²) in [5.41, 5.74) is 2.16. The molecule has 3 rings (SSSR count). The van der Waals surface area contributed by atoms with Crippen molar-refractivity contribution in [1.82, 2.24) is 4.98 Å². The van der Waals surface area contributed by atoms with Crippen LogP contribution in [0, 0.1) is 6.92 Å². The molecule has 0 spiro atoms. The first kappa shape index (κ1) is 10.7. The first-order valence-electron chi connectivity index (χ1n) is 5.70. The van der Waals surface area contributed by atoms with E-state index in [2.05, 4.69) is 4.98 Å². The van der Waals surface area contributed by atoms with Crippen LogP contribution >= 0.6 is 0 Å². The number of rotatable bonds is 1. The Hall–Kier alpha value is -2.42. The molecule has 2 aromatic heterocycles. The lowest BCUT2D eigenvalue weighted by Crippen LogP contribution is -2.02. The number of hydrogen-bond acceptors (Lipinski definition) is 3. The number of aryl methyl sites for hydroxylation is 1. The second kappa shape index (κ2) is 4.11. The highest BCUT2D eigenvalue weighted by Gasteiger charge is 2.08. The molecule has 0 fully saturated rings. The van der Waals surface area contributed by atoms with Crippen LogP contribution in [0.25, 0.3) is 22.4 Å². The summed E-state index contributed by atoms with van der Waals surface area (Å²) in [6.07, 6.45) is 1.68. The summed E-state index contributed by atoms with van der Waals surface area (Å²) in [6, 6.07) is 12.6. The van der Waals surface area contributed by atoms with Crippen LogP contribution in [-0.2, 0) is 0 Å². The van der Waals surface area contributed by atoms with E-state index < -0.39 is 0 Å². The lowest BCUT2D eigenvalue weighted by Gasteiger charge is -2.03. The molecule has 1 aromatic carbocycles. The van der Waals surface area contributed by atoms with Crippen LogP contribution in [-0.4, -0.2) is 4.98 Å². The van der Waals surface area contributed by atoms with Gasteiger partial charge in [0.2, 0.25) is 0 Å². The molecule has 0 N–H and O–H groups in total. The maximum atomic E-state index is 12.1. The summed E-state index contributed by atoms with van der Waals surface area (Å²) in [5.74, 6) is 0.499. The average Bonchev–Trinajstić information content (AvgIpc) is 2.39. The topological polar surface area (TPSA) is 43.1 Å². The smallest absolute Gasteiger partial charge is 0.193 e. The molecular weight excluding hydrogens is 226 g/mol. The van der Waals surface area contributed by atoms with E-state index in [-0.39, 0.29) is 5.43 Å². The van der Waals surface area contributed by atoms with Gasteiger partial charge >= 0.3 is 0 Å². The fourth-order valence-corrected chi connectivity index (χ4v) is 2.02. The fourth-order valence-electron chi connectivity index (χ4n) is 2.02. The van der Waals surface area contributed by atoms with Gasteiger partial charge in [0.05, 0.1) is 5.39 Å². The van der Waals surface area contributed by atoms with Gasteiger partial charge in [-0.15, -0.1) is 0 Å². The Balaban J connectivity index is 2.33. The van der Waals surface area contributed by atoms with Gasteiger partial charge in [-0.1, -0.05) is 18.2 Å². The van der Waals surface area contributed by atoms with Crippen LogP contribution in [0.4, 0.5) is 0 Å². The summed E-state index contributed by atoms with van der Waals surface area (Å²) >= 11 is 0. The largest absolute Gasteiger partial charge is 0.454 e. The van der Waals surface area contributed by atoms with E-state index in [1.807, 2.05) is 37.3 Å². The summed E-state index contributed by atoms with van der Waals surface area (Å²) in [5, 5.41) is 0.636. The molecular formula is C15H11NO2. The van der Waals surface area contributed by atoms with Crippen LogP contribution in [0.3, 0.4) is 0 Å². The molecule has 0 amide bonds.